The molecule has 1 aliphatic rings. The maximum Gasteiger partial charge on any atom is 0.255 e. The number of rotatable bonds is 1. The molecule has 1 amide bonds. The number of nitrogens with one attached hydrogen (secondary N) is 2. The highest BCUT2D eigenvalue weighted by Crippen LogP contribution is 2.27. The summed E-state index contributed by atoms with van der Waals surface area (Å²) in [6.45, 7) is 4.13. The molecule has 1 atom stereocenters. The predicted octanol–water partition coefficient (Wildman–Crippen LogP) is 3.16. The number of aryl methyl sites for hydroxylation is 2. The van der Waals surface area contributed by atoms with Crippen LogP contribution in [0.1, 0.15) is 33.2 Å². The molecule has 19 heavy (non-hydrogen) atoms. The minimum absolute atomic E-state index is 0.0284. The first kappa shape index (κ1) is 11.8. The fourth-order valence-corrected chi connectivity index (χ4v) is 2.51. The zero-order chi connectivity index (χ0) is 13.4. The Balaban J connectivity index is 1.99. The van der Waals surface area contributed by atoms with Gasteiger partial charge in [0.25, 0.3) is 5.91 Å². The summed E-state index contributed by atoms with van der Waals surface area (Å²) < 4.78 is 0. The average molecular weight is 252 g/mol. The summed E-state index contributed by atoms with van der Waals surface area (Å²) in [4.78, 5) is 12.1. The first-order valence-corrected chi connectivity index (χ1v) is 6.39. The lowest BCUT2D eigenvalue weighted by Gasteiger charge is -2.29. The van der Waals surface area contributed by atoms with Gasteiger partial charge in [-0.25, -0.2) is 0 Å². The second kappa shape index (κ2) is 4.43. The number of benzene rings is 2. The van der Waals surface area contributed by atoms with Gasteiger partial charge in [-0.1, -0.05) is 35.9 Å². The number of hydrogen-bond donors (Lipinski definition) is 2. The van der Waals surface area contributed by atoms with Gasteiger partial charge in [0.1, 0.15) is 6.17 Å². The number of hydrogen-bond acceptors (Lipinski definition) is 2. The summed E-state index contributed by atoms with van der Waals surface area (Å²) in [7, 11) is 0. The molecule has 3 heteroatoms. The van der Waals surface area contributed by atoms with Crippen LogP contribution in [0.3, 0.4) is 0 Å². The molecule has 0 spiro atoms. The molecule has 0 fully saturated rings. The lowest BCUT2D eigenvalue weighted by molar-refractivity contribution is 0.0935. The van der Waals surface area contributed by atoms with Crippen molar-refractivity contribution in [3.05, 3.63) is 64.7 Å². The topological polar surface area (TPSA) is 41.1 Å². The number of para-hydroxylation sites is 1. The zero-order valence-electron chi connectivity index (χ0n) is 11.0. The molecule has 1 aliphatic heterocycles. The number of carbonyl (C=O) groups excluding carboxylic acids is 1. The van der Waals surface area contributed by atoms with Crippen molar-refractivity contribution in [3.63, 3.8) is 0 Å². The van der Waals surface area contributed by atoms with E-state index >= 15 is 0 Å². The Bertz CT molecular complexity index is 649. The predicted molar refractivity (Wildman–Crippen MR) is 76.2 cm³/mol. The molecule has 0 bridgehead atoms. The second-order valence-corrected chi connectivity index (χ2v) is 4.96. The molecule has 1 heterocycles. The lowest BCUT2D eigenvalue weighted by atomic mass is 10.0. The molecule has 3 rings (SSSR count). The van der Waals surface area contributed by atoms with E-state index in [1.54, 1.807) is 0 Å². The Hall–Kier alpha value is -2.29. The third-order valence-corrected chi connectivity index (χ3v) is 3.48. The van der Waals surface area contributed by atoms with Crippen molar-refractivity contribution in [1.82, 2.24) is 5.32 Å². The van der Waals surface area contributed by atoms with Crippen molar-refractivity contribution in [2.75, 3.05) is 5.32 Å². The van der Waals surface area contributed by atoms with Gasteiger partial charge in [-0.2, -0.15) is 0 Å². The fourth-order valence-electron chi connectivity index (χ4n) is 2.51. The molecule has 2 N–H and O–H groups in total. The third-order valence-electron chi connectivity index (χ3n) is 3.48. The summed E-state index contributed by atoms with van der Waals surface area (Å²) >= 11 is 0. The molecule has 0 aliphatic carbocycles. The van der Waals surface area contributed by atoms with Crippen molar-refractivity contribution >= 4 is 11.6 Å². The van der Waals surface area contributed by atoms with Crippen LogP contribution in [0.15, 0.2) is 42.5 Å². The summed E-state index contributed by atoms with van der Waals surface area (Å²) in [5, 5.41) is 6.37. The van der Waals surface area contributed by atoms with Gasteiger partial charge in [-0.3, -0.25) is 4.79 Å². The van der Waals surface area contributed by atoms with Crippen LogP contribution in [-0.2, 0) is 0 Å². The Morgan fingerprint density at radius 2 is 1.79 bits per heavy atom. The smallest absolute Gasteiger partial charge is 0.255 e. The molecule has 2 aromatic rings. The van der Waals surface area contributed by atoms with Gasteiger partial charge in [0, 0.05) is 5.69 Å². The van der Waals surface area contributed by atoms with E-state index in [9.17, 15) is 4.79 Å². The van der Waals surface area contributed by atoms with E-state index in [1.165, 1.54) is 11.1 Å². The van der Waals surface area contributed by atoms with Crippen molar-refractivity contribution in [3.8, 4) is 0 Å². The normalized spacial score (nSPS) is 17.4. The molecule has 96 valence electrons. The van der Waals surface area contributed by atoms with Crippen LogP contribution in [-0.4, -0.2) is 5.91 Å². The summed E-state index contributed by atoms with van der Waals surface area (Å²) in [5.74, 6) is -0.0284. The first-order chi connectivity index (χ1) is 9.15. The molecule has 3 nitrogen and oxygen atoms in total. The minimum Gasteiger partial charge on any atom is -0.361 e. The van der Waals surface area contributed by atoms with E-state index in [0.717, 1.165) is 11.3 Å². The van der Waals surface area contributed by atoms with E-state index in [0.29, 0.717) is 5.56 Å². The maximum atomic E-state index is 12.1. The van der Waals surface area contributed by atoms with Crippen molar-refractivity contribution in [2.24, 2.45) is 0 Å². The van der Waals surface area contributed by atoms with E-state index in [4.69, 9.17) is 0 Å². The average Bonchev–Trinajstić information content (AvgIpc) is 2.38. The number of fused-ring (bicyclic) bond motifs is 1. The van der Waals surface area contributed by atoms with Crippen molar-refractivity contribution in [2.45, 2.75) is 20.0 Å². The van der Waals surface area contributed by atoms with Gasteiger partial charge in [0.2, 0.25) is 0 Å². The quantitative estimate of drug-likeness (QED) is 0.818. The Labute approximate surface area is 112 Å². The van der Waals surface area contributed by atoms with Gasteiger partial charge in [0.05, 0.1) is 5.56 Å². The summed E-state index contributed by atoms with van der Waals surface area (Å²) in [6, 6.07) is 13.8. The van der Waals surface area contributed by atoms with Crippen LogP contribution < -0.4 is 10.6 Å². The lowest BCUT2D eigenvalue weighted by Crippen LogP contribution is -2.38. The highest BCUT2D eigenvalue weighted by Gasteiger charge is 2.24. The number of amides is 1. The SMILES string of the molecule is Cc1ccc(C2NC(=O)c3ccccc3N2)c(C)c1. The van der Waals surface area contributed by atoms with Gasteiger partial charge >= 0.3 is 0 Å². The molecular weight excluding hydrogens is 236 g/mol. The van der Waals surface area contributed by atoms with Gasteiger partial charge in [-0.05, 0) is 37.1 Å². The molecule has 1 unspecified atom stereocenters. The van der Waals surface area contributed by atoms with E-state index in [-0.39, 0.29) is 12.1 Å². The molecule has 0 aromatic heterocycles. The fraction of sp³-hybridized carbons (Fsp3) is 0.188. The van der Waals surface area contributed by atoms with Crippen molar-refractivity contribution in [1.29, 1.82) is 0 Å². The molecule has 2 aromatic carbocycles. The van der Waals surface area contributed by atoms with Crippen molar-refractivity contribution < 1.29 is 4.79 Å². The molecule has 0 saturated heterocycles. The number of anilines is 1. The zero-order valence-corrected chi connectivity index (χ0v) is 11.0. The summed E-state index contributed by atoms with van der Waals surface area (Å²) in [5.41, 5.74) is 5.09. The van der Waals surface area contributed by atoms with Crippen LogP contribution in [0.5, 0.6) is 0 Å². The highest BCUT2D eigenvalue weighted by molar-refractivity contribution is 6.01. The maximum absolute atomic E-state index is 12.1. The van der Waals surface area contributed by atoms with Gasteiger partial charge in [0.15, 0.2) is 0 Å². The standard InChI is InChI=1S/C16H16N2O/c1-10-7-8-12(11(2)9-10)15-17-14-6-4-3-5-13(14)16(19)18-15/h3-9,15,17H,1-2H3,(H,18,19). The second-order valence-electron chi connectivity index (χ2n) is 4.96. The monoisotopic (exact) mass is 252 g/mol. The summed E-state index contributed by atoms with van der Waals surface area (Å²) in [6.07, 6.45) is -0.164. The Kier molecular flexibility index (Phi) is 2.75. The van der Waals surface area contributed by atoms with Crippen LogP contribution in [0.2, 0.25) is 0 Å². The molecule has 0 saturated carbocycles. The van der Waals surface area contributed by atoms with Gasteiger partial charge in [-0.15, -0.1) is 0 Å². The molecular formula is C16H16N2O. The molecule has 0 radical (unpaired) electrons. The Morgan fingerprint density at radius 1 is 1.00 bits per heavy atom. The Morgan fingerprint density at radius 3 is 2.58 bits per heavy atom. The van der Waals surface area contributed by atoms with Crippen LogP contribution in [0.4, 0.5) is 5.69 Å². The largest absolute Gasteiger partial charge is 0.361 e. The van der Waals surface area contributed by atoms with Crippen LogP contribution >= 0.6 is 0 Å². The van der Waals surface area contributed by atoms with E-state index in [1.807, 2.05) is 24.3 Å². The van der Waals surface area contributed by atoms with E-state index in [2.05, 4.69) is 42.7 Å². The minimum atomic E-state index is -0.164. The third kappa shape index (κ3) is 2.08. The first-order valence-electron chi connectivity index (χ1n) is 6.39. The van der Waals surface area contributed by atoms with Crippen LogP contribution in [0, 0.1) is 13.8 Å². The van der Waals surface area contributed by atoms with Gasteiger partial charge < -0.3 is 10.6 Å². The highest BCUT2D eigenvalue weighted by atomic mass is 16.2. The number of carbonyl (C=O) groups is 1. The van der Waals surface area contributed by atoms with Crippen LogP contribution in [0.25, 0.3) is 0 Å². The van der Waals surface area contributed by atoms with E-state index < -0.39 is 0 Å².